The van der Waals surface area contributed by atoms with Gasteiger partial charge < -0.3 is 15.4 Å². The predicted octanol–water partition coefficient (Wildman–Crippen LogP) is 1.68. The molecule has 1 heterocycles. The quantitative estimate of drug-likeness (QED) is 0.889. The molecule has 2 atom stereocenters. The molecule has 1 aromatic carbocycles. The molecule has 1 saturated carbocycles. The van der Waals surface area contributed by atoms with Gasteiger partial charge in [-0.3, -0.25) is 4.79 Å². The molecule has 2 unspecified atom stereocenters. The molecule has 2 fully saturated rings. The number of hydrogen-bond acceptors (Lipinski definition) is 3. The second kappa shape index (κ2) is 5.94. The molecule has 2 aliphatic rings. The first-order valence-corrected chi connectivity index (χ1v) is 7.48. The molecule has 4 nitrogen and oxygen atoms in total. The maximum absolute atomic E-state index is 12.7. The Morgan fingerprint density at radius 3 is 2.55 bits per heavy atom. The molecule has 1 amide bonds. The van der Waals surface area contributed by atoms with E-state index in [-0.39, 0.29) is 18.1 Å². The summed E-state index contributed by atoms with van der Waals surface area (Å²) < 4.78 is 5.75. The van der Waals surface area contributed by atoms with E-state index in [0.717, 1.165) is 25.7 Å². The molecule has 1 aromatic rings. The van der Waals surface area contributed by atoms with Gasteiger partial charge in [0.15, 0.2) is 0 Å². The van der Waals surface area contributed by atoms with Crippen LogP contribution in [0, 0.1) is 0 Å². The van der Waals surface area contributed by atoms with E-state index in [1.54, 1.807) is 0 Å². The highest BCUT2D eigenvalue weighted by Crippen LogP contribution is 2.31. The molecule has 1 aliphatic carbocycles. The fourth-order valence-corrected chi connectivity index (χ4v) is 2.80. The smallest absolute Gasteiger partial charge is 0.252 e. The third kappa shape index (κ3) is 3.02. The van der Waals surface area contributed by atoms with Crippen molar-refractivity contribution in [3.8, 4) is 0 Å². The first kappa shape index (κ1) is 13.6. The van der Waals surface area contributed by atoms with Gasteiger partial charge in [0, 0.05) is 19.1 Å². The van der Waals surface area contributed by atoms with E-state index in [4.69, 9.17) is 10.5 Å². The molecule has 0 aromatic heterocycles. The highest BCUT2D eigenvalue weighted by Gasteiger charge is 2.39. The van der Waals surface area contributed by atoms with Gasteiger partial charge in [0.2, 0.25) is 0 Å². The summed E-state index contributed by atoms with van der Waals surface area (Å²) in [6, 6.07) is 10.6. The lowest BCUT2D eigenvalue weighted by Gasteiger charge is -2.25. The molecular weight excluding hydrogens is 252 g/mol. The van der Waals surface area contributed by atoms with Gasteiger partial charge in [-0.1, -0.05) is 30.3 Å². The van der Waals surface area contributed by atoms with Crippen LogP contribution in [0.4, 0.5) is 0 Å². The van der Waals surface area contributed by atoms with E-state index in [2.05, 4.69) is 12.1 Å². The lowest BCUT2D eigenvalue weighted by atomic mass is 10.1. The maximum Gasteiger partial charge on any atom is 0.252 e. The largest absolute Gasteiger partial charge is 0.364 e. The summed E-state index contributed by atoms with van der Waals surface area (Å²) in [6.07, 6.45) is 3.71. The number of nitrogens with two attached hydrogens (primary N) is 1. The number of rotatable bonds is 5. The number of amides is 1. The minimum absolute atomic E-state index is 0.0572. The third-order valence-electron chi connectivity index (χ3n) is 4.11. The van der Waals surface area contributed by atoms with E-state index < -0.39 is 0 Å². The van der Waals surface area contributed by atoms with Crippen LogP contribution in [0.1, 0.15) is 31.2 Å². The van der Waals surface area contributed by atoms with Crippen molar-refractivity contribution in [3.63, 3.8) is 0 Å². The molecule has 1 saturated heterocycles. The van der Waals surface area contributed by atoms with Gasteiger partial charge >= 0.3 is 0 Å². The van der Waals surface area contributed by atoms with Crippen LogP contribution < -0.4 is 5.73 Å². The second-order valence-electron chi connectivity index (χ2n) is 5.74. The average Bonchev–Trinajstić information content (AvgIpc) is 3.21. The topological polar surface area (TPSA) is 55.6 Å². The number of carbonyl (C=O) groups is 1. The van der Waals surface area contributed by atoms with Crippen LogP contribution in [0.2, 0.25) is 0 Å². The van der Waals surface area contributed by atoms with Crippen LogP contribution >= 0.6 is 0 Å². The summed E-state index contributed by atoms with van der Waals surface area (Å²) in [7, 11) is 0. The average molecular weight is 274 g/mol. The van der Waals surface area contributed by atoms with E-state index in [0.29, 0.717) is 19.1 Å². The Labute approximate surface area is 119 Å². The van der Waals surface area contributed by atoms with E-state index >= 15 is 0 Å². The normalized spacial score (nSPS) is 25.6. The number of carbonyl (C=O) groups excluding carboxylic acids is 1. The third-order valence-corrected chi connectivity index (χ3v) is 4.11. The summed E-state index contributed by atoms with van der Waals surface area (Å²) >= 11 is 0. The number of nitrogens with zero attached hydrogens (tertiary/aromatic N) is 1. The Morgan fingerprint density at radius 2 is 1.95 bits per heavy atom. The molecule has 2 N–H and O–H groups in total. The highest BCUT2D eigenvalue weighted by atomic mass is 16.5. The Balaban J connectivity index is 1.66. The Hall–Kier alpha value is -1.39. The summed E-state index contributed by atoms with van der Waals surface area (Å²) in [5.74, 6) is 0.146. The zero-order valence-corrected chi connectivity index (χ0v) is 11.7. The molecule has 0 bridgehead atoms. The molecule has 108 valence electrons. The number of benzene rings is 1. The summed E-state index contributed by atoms with van der Waals surface area (Å²) in [5, 5.41) is 0. The summed E-state index contributed by atoms with van der Waals surface area (Å²) in [6.45, 7) is 1.20. The standard InChI is InChI=1S/C16H22N2O2/c17-10-14-8-9-15(20-14)16(19)18(13-6-7-13)11-12-4-2-1-3-5-12/h1-5,13-15H,6-11,17H2. The number of ether oxygens (including phenoxy) is 1. The van der Waals surface area contributed by atoms with Gasteiger partial charge in [-0.2, -0.15) is 0 Å². The zero-order valence-electron chi connectivity index (χ0n) is 11.7. The van der Waals surface area contributed by atoms with Crippen LogP contribution in [-0.4, -0.2) is 35.6 Å². The molecule has 0 spiro atoms. The maximum atomic E-state index is 12.7. The Morgan fingerprint density at radius 1 is 1.20 bits per heavy atom. The van der Waals surface area contributed by atoms with Crippen molar-refractivity contribution in [3.05, 3.63) is 35.9 Å². The molecule has 0 radical (unpaired) electrons. The highest BCUT2D eigenvalue weighted by molar-refractivity contribution is 5.81. The second-order valence-corrected chi connectivity index (χ2v) is 5.74. The van der Waals surface area contributed by atoms with Gasteiger partial charge in [-0.15, -0.1) is 0 Å². The van der Waals surface area contributed by atoms with Crippen molar-refractivity contribution < 1.29 is 9.53 Å². The Bertz CT molecular complexity index is 459. The first-order chi connectivity index (χ1) is 9.78. The molecular formula is C16H22N2O2. The van der Waals surface area contributed by atoms with E-state index in [1.165, 1.54) is 5.56 Å². The van der Waals surface area contributed by atoms with Crippen molar-refractivity contribution in [1.82, 2.24) is 4.90 Å². The van der Waals surface area contributed by atoms with Crippen LogP contribution in [-0.2, 0) is 16.1 Å². The van der Waals surface area contributed by atoms with Crippen LogP contribution in [0.25, 0.3) is 0 Å². The summed E-state index contributed by atoms with van der Waals surface area (Å²) in [5.41, 5.74) is 6.80. The lowest BCUT2D eigenvalue weighted by Crippen LogP contribution is -2.40. The van der Waals surface area contributed by atoms with Gasteiger partial charge in [0.05, 0.1) is 6.10 Å². The summed E-state index contributed by atoms with van der Waals surface area (Å²) in [4.78, 5) is 14.7. The van der Waals surface area contributed by atoms with Gasteiger partial charge in [-0.05, 0) is 31.2 Å². The van der Waals surface area contributed by atoms with Crippen molar-refractivity contribution in [1.29, 1.82) is 0 Å². The van der Waals surface area contributed by atoms with Crippen molar-refractivity contribution in [2.45, 2.75) is 50.5 Å². The minimum Gasteiger partial charge on any atom is -0.364 e. The lowest BCUT2D eigenvalue weighted by molar-refractivity contribution is -0.144. The fourth-order valence-electron chi connectivity index (χ4n) is 2.80. The molecule has 1 aliphatic heterocycles. The van der Waals surface area contributed by atoms with E-state index in [9.17, 15) is 4.79 Å². The first-order valence-electron chi connectivity index (χ1n) is 7.48. The van der Waals surface area contributed by atoms with Crippen molar-refractivity contribution in [2.24, 2.45) is 5.73 Å². The van der Waals surface area contributed by atoms with Crippen molar-refractivity contribution in [2.75, 3.05) is 6.54 Å². The fraction of sp³-hybridized carbons (Fsp3) is 0.562. The molecule has 20 heavy (non-hydrogen) atoms. The monoisotopic (exact) mass is 274 g/mol. The molecule has 3 rings (SSSR count). The van der Waals surface area contributed by atoms with E-state index in [1.807, 2.05) is 23.1 Å². The zero-order chi connectivity index (χ0) is 13.9. The van der Waals surface area contributed by atoms with Crippen LogP contribution in [0.3, 0.4) is 0 Å². The van der Waals surface area contributed by atoms with Gasteiger partial charge in [-0.25, -0.2) is 0 Å². The SMILES string of the molecule is NCC1CCC(C(=O)N(Cc2ccccc2)C2CC2)O1. The van der Waals surface area contributed by atoms with Gasteiger partial charge in [0.25, 0.3) is 5.91 Å². The van der Waals surface area contributed by atoms with Crippen molar-refractivity contribution >= 4 is 5.91 Å². The van der Waals surface area contributed by atoms with Crippen LogP contribution in [0.5, 0.6) is 0 Å². The number of hydrogen-bond donors (Lipinski definition) is 1. The molecule has 4 heteroatoms. The van der Waals surface area contributed by atoms with Gasteiger partial charge in [0.1, 0.15) is 6.10 Å². The van der Waals surface area contributed by atoms with Crippen LogP contribution in [0.15, 0.2) is 30.3 Å². The minimum atomic E-state index is -0.284. The predicted molar refractivity (Wildman–Crippen MR) is 77.0 cm³/mol. The Kier molecular flexibility index (Phi) is 4.03.